The summed E-state index contributed by atoms with van der Waals surface area (Å²) in [5, 5.41) is 0. The van der Waals surface area contributed by atoms with Gasteiger partial charge in [0, 0.05) is 37.8 Å². The van der Waals surface area contributed by atoms with Crippen LogP contribution in [0.2, 0.25) is 0 Å². The zero-order valence-corrected chi connectivity index (χ0v) is 20.5. The van der Waals surface area contributed by atoms with Crippen molar-refractivity contribution in [1.29, 1.82) is 0 Å². The first-order valence-electron chi connectivity index (χ1n) is 11.7. The van der Waals surface area contributed by atoms with Gasteiger partial charge in [0.25, 0.3) is 0 Å². The molecule has 32 heavy (non-hydrogen) atoms. The summed E-state index contributed by atoms with van der Waals surface area (Å²) in [4.78, 5) is 17.2. The van der Waals surface area contributed by atoms with Gasteiger partial charge in [0.1, 0.15) is 0 Å². The first-order chi connectivity index (χ1) is 14.7. The van der Waals surface area contributed by atoms with Crippen LogP contribution in [-0.4, -0.2) is 36.5 Å². The number of aryl methyl sites for hydroxylation is 1. The standard InChI is InChI=1S/C27H37N2O.Co.H2N/c1-3-5-7-10-23-13-15-24(16-14-23)17-20-28-21-18-26(19-22-28)29(27(30)4-2)25-11-8-6-9-12-25;;/h6,8-9,11-16,26H,1,3-5,7,10,17-22H2,2H3;;1H2/q-1;+2;-1. The van der Waals surface area contributed by atoms with E-state index in [4.69, 9.17) is 0 Å². The van der Waals surface area contributed by atoms with E-state index in [0.29, 0.717) is 12.5 Å². The number of hydrogen-bond acceptors (Lipinski definition) is 2. The van der Waals surface area contributed by atoms with Crippen LogP contribution in [0.4, 0.5) is 5.69 Å². The summed E-state index contributed by atoms with van der Waals surface area (Å²) in [6.07, 6.45) is 8.39. The molecule has 177 valence electrons. The molecule has 0 atom stereocenters. The fraction of sp³-hybridized carbons (Fsp3) is 0.481. The molecule has 1 aliphatic heterocycles. The van der Waals surface area contributed by atoms with Gasteiger partial charge in [-0.2, -0.15) is 6.42 Å². The van der Waals surface area contributed by atoms with Crippen molar-refractivity contribution in [2.24, 2.45) is 0 Å². The summed E-state index contributed by atoms with van der Waals surface area (Å²) < 4.78 is 0. The van der Waals surface area contributed by atoms with Crippen LogP contribution >= 0.6 is 0 Å². The predicted octanol–water partition coefficient (Wildman–Crippen LogP) is 6.40. The molecule has 1 saturated heterocycles. The van der Waals surface area contributed by atoms with Crippen LogP contribution in [0.3, 0.4) is 0 Å². The van der Waals surface area contributed by atoms with Crippen LogP contribution in [-0.2, 0) is 34.4 Å². The number of hydrogen-bond donors (Lipinski definition) is 0. The van der Waals surface area contributed by atoms with Gasteiger partial charge in [0.05, 0.1) is 0 Å². The molecule has 1 fully saturated rings. The third-order valence-electron chi connectivity index (χ3n) is 6.23. The Bertz CT molecular complexity index is 758. The normalized spacial score (nSPS) is 14.3. The number of rotatable bonds is 10. The van der Waals surface area contributed by atoms with Crippen molar-refractivity contribution >= 4 is 11.6 Å². The van der Waals surface area contributed by atoms with Crippen molar-refractivity contribution in [3.63, 3.8) is 0 Å². The molecule has 1 amide bonds. The Morgan fingerprint density at radius 2 is 1.56 bits per heavy atom. The maximum absolute atomic E-state index is 12.6. The largest absolute Gasteiger partial charge is 2.00 e. The van der Waals surface area contributed by atoms with Crippen molar-refractivity contribution in [1.82, 2.24) is 4.90 Å². The summed E-state index contributed by atoms with van der Waals surface area (Å²) in [7, 11) is 0. The molecule has 5 heteroatoms. The third-order valence-corrected chi connectivity index (χ3v) is 6.23. The number of nitrogens with zero attached hydrogens (tertiary/aromatic N) is 2. The topological polar surface area (TPSA) is 57.0 Å². The number of carbonyl (C=O) groups excluding carboxylic acids is 1. The summed E-state index contributed by atoms with van der Waals surface area (Å²) in [5.41, 5.74) is 3.90. The molecule has 0 bridgehead atoms. The SMILES string of the molecule is [CH2-]CCCCc1ccc(CCN2CCC(N(C(=O)CC)c3ccccc3)CC2)cc1.[Co+2].[NH2-]. The number of amides is 1. The molecule has 0 aromatic heterocycles. The van der Waals surface area contributed by atoms with Crippen LogP contribution in [0.5, 0.6) is 0 Å². The summed E-state index contributed by atoms with van der Waals surface area (Å²) in [6.45, 7) is 9.10. The number of anilines is 1. The van der Waals surface area contributed by atoms with Crippen molar-refractivity contribution in [2.45, 2.75) is 64.3 Å². The fourth-order valence-electron chi connectivity index (χ4n) is 4.38. The van der Waals surface area contributed by atoms with E-state index in [2.05, 4.69) is 48.2 Å². The Hall–Kier alpha value is -1.66. The van der Waals surface area contributed by atoms with E-state index in [-0.39, 0.29) is 28.8 Å². The van der Waals surface area contributed by atoms with Gasteiger partial charge in [-0.3, -0.25) is 4.79 Å². The van der Waals surface area contributed by atoms with Crippen molar-refractivity contribution in [2.75, 3.05) is 24.5 Å². The third kappa shape index (κ3) is 8.36. The first-order valence-corrected chi connectivity index (χ1v) is 11.7. The van der Waals surface area contributed by atoms with Gasteiger partial charge in [-0.1, -0.05) is 62.2 Å². The number of carbonyl (C=O) groups is 1. The Balaban J connectivity index is 0.00000256. The monoisotopic (exact) mass is 480 g/mol. The van der Waals surface area contributed by atoms with Crippen LogP contribution in [0.1, 0.15) is 56.6 Å². The second-order valence-electron chi connectivity index (χ2n) is 8.40. The minimum Gasteiger partial charge on any atom is -0.693 e. The quantitative estimate of drug-likeness (QED) is 0.292. The average molecular weight is 481 g/mol. The van der Waals surface area contributed by atoms with E-state index in [0.717, 1.165) is 57.4 Å². The summed E-state index contributed by atoms with van der Waals surface area (Å²) in [6, 6.07) is 19.7. The Labute approximate surface area is 205 Å². The van der Waals surface area contributed by atoms with Crippen molar-refractivity contribution in [3.05, 3.63) is 78.8 Å². The minimum absolute atomic E-state index is 0. The van der Waals surface area contributed by atoms with Gasteiger partial charge in [-0.25, -0.2) is 0 Å². The molecule has 0 unspecified atom stereocenters. The molecule has 0 saturated carbocycles. The molecular weight excluding hydrogens is 441 g/mol. The maximum Gasteiger partial charge on any atom is 2.00 e. The molecule has 1 aliphatic rings. The fourth-order valence-corrected chi connectivity index (χ4v) is 4.38. The van der Waals surface area contributed by atoms with E-state index < -0.39 is 0 Å². The molecule has 0 aliphatic carbocycles. The predicted molar refractivity (Wildman–Crippen MR) is 132 cm³/mol. The number of nitrogens with two attached hydrogens (primary N) is 1. The molecule has 2 N–H and O–H groups in total. The maximum atomic E-state index is 12.6. The van der Waals surface area contributed by atoms with Gasteiger partial charge in [-0.05, 0) is 48.9 Å². The Morgan fingerprint density at radius 1 is 0.969 bits per heavy atom. The molecule has 1 radical (unpaired) electrons. The van der Waals surface area contributed by atoms with Gasteiger partial charge in [-0.15, -0.1) is 0 Å². The molecule has 2 aromatic carbocycles. The molecule has 1 heterocycles. The van der Waals surface area contributed by atoms with Gasteiger partial charge in [0.15, 0.2) is 0 Å². The van der Waals surface area contributed by atoms with Crippen LogP contribution < -0.4 is 4.90 Å². The number of para-hydroxylation sites is 1. The summed E-state index contributed by atoms with van der Waals surface area (Å²) in [5.74, 6) is 0.231. The Kier molecular flexibility index (Phi) is 13.5. The van der Waals surface area contributed by atoms with E-state index in [1.54, 1.807) is 0 Å². The van der Waals surface area contributed by atoms with Gasteiger partial charge < -0.3 is 22.9 Å². The number of unbranched alkanes of at least 4 members (excludes halogenated alkanes) is 2. The molecule has 2 aromatic rings. The summed E-state index contributed by atoms with van der Waals surface area (Å²) >= 11 is 0. The van der Waals surface area contributed by atoms with E-state index in [1.807, 2.05) is 30.0 Å². The number of piperidine rings is 1. The zero-order valence-electron chi connectivity index (χ0n) is 19.5. The Morgan fingerprint density at radius 3 is 2.12 bits per heavy atom. The van der Waals surface area contributed by atoms with Crippen molar-refractivity contribution < 1.29 is 21.6 Å². The van der Waals surface area contributed by atoms with Crippen LogP contribution in [0.15, 0.2) is 54.6 Å². The van der Waals surface area contributed by atoms with E-state index in [1.165, 1.54) is 24.0 Å². The van der Waals surface area contributed by atoms with E-state index >= 15 is 0 Å². The van der Waals surface area contributed by atoms with Crippen molar-refractivity contribution in [3.8, 4) is 0 Å². The minimum atomic E-state index is 0. The number of likely N-dealkylation sites (tertiary alicyclic amines) is 1. The first kappa shape index (κ1) is 28.4. The molecular formula is C27H39CoN3O. The smallest absolute Gasteiger partial charge is 0.693 e. The van der Waals surface area contributed by atoms with Crippen LogP contribution in [0.25, 0.3) is 6.15 Å². The van der Waals surface area contributed by atoms with Crippen LogP contribution in [0, 0.1) is 6.92 Å². The second kappa shape index (κ2) is 15.2. The molecule has 0 spiro atoms. The van der Waals surface area contributed by atoms with Gasteiger partial charge >= 0.3 is 16.8 Å². The molecule has 3 rings (SSSR count). The van der Waals surface area contributed by atoms with Gasteiger partial charge in [0.2, 0.25) is 5.91 Å². The van der Waals surface area contributed by atoms with E-state index in [9.17, 15) is 4.79 Å². The number of benzene rings is 2. The average Bonchev–Trinajstić information content (AvgIpc) is 2.80. The zero-order chi connectivity index (χ0) is 21.2. The second-order valence-corrected chi connectivity index (χ2v) is 8.40. The molecule has 4 nitrogen and oxygen atoms in total.